The van der Waals surface area contributed by atoms with E-state index in [9.17, 15) is 9.59 Å². The molecule has 0 bridgehead atoms. The number of anilines is 2. The fraction of sp³-hybridized carbons (Fsp3) is 0.158. The lowest BCUT2D eigenvalue weighted by Gasteiger charge is -2.07. The average molecular weight is 399 g/mol. The second-order valence-corrected chi connectivity index (χ2v) is 6.64. The monoisotopic (exact) mass is 398 g/mol. The van der Waals surface area contributed by atoms with Crippen LogP contribution in [0.5, 0.6) is 0 Å². The number of carbonyl (C=O) groups excluding carboxylic acids is 2. The van der Waals surface area contributed by atoms with Crippen LogP contribution in [-0.4, -0.2) is 26.8 Å². The largest absolute Gasteiger partial charge is 0.382 e. The fourth-order valence-corrected chi connectivity index (χ4v) is 2.57. The van der Waals surface area contributed by atoms with Crippen LogP contribution in [-0.2, 0) is 17.9 Å². The average Bonchev–Trinajstić information content (AvgIpc) is 3.03. The highest BCUT2D eigenvalue weighted by Crippen LogP contribution is 2.14. The van der Waals surface area contributed by atoms with Gasteiger partial charge in [0.15, 0.2) is 11.5 Å². The topological polar surface area (TPSA) is 115 Å². The van der Waals surface area contributed by atoms with E-state index in [0.717, 1.165) is 11.1 Å². The van der Waals surface area contributed by atoms with Gasteiger partial charge in [-0.3, -0.25) is 9.59 Å². The third kappa shape index (κ3) is 4.86. The third-order valence-electron chi connectivity index (χ3n) is 3.98. The Morgan fingerprint density at radius 1 is 1.11 bits per heavy atom. The van der Waals surface area contributed by atoms with Crippen molar-refractivity contribution in [2.24, 2.45) is 0 Å². The molecule has 0 aliphatic carbocycles. The van der Waals surface area contributed by atoms with E-state index in [-0.39, 0.29) is 24.0 Å². The molecule has 0 aliphatic rings. The summed E-state index contributed by atoms with van der Waals surface area (Å²) in [6.07, 6.45) is 0. The van der Waals surface area contributed by atoms with Crippen LogP contribution in [0.3, 0.4) is 0 Å². The van der Waals surface area contributed by atoms with Crippen molar-refractivity contribution in [2.45, 2.75) is 20.0 Å². The van der Waals surface area contributed by atoms with Crippen LogP contribution in [0.25, 0.3) is 0 Å². The summed E-state index contributed by atoms with van der Waals surface area (Å²) in [7, 11) is 0. The van der Waals surface area contributed by atoms with Gasteiger partial charge in [-0.25, -0.2) is 4.68 Å². The Labute approximate surface area is 166 Å². The lowest BCUT2D eigenvalue weighted by molar-refractivity contribution is -0.116. The van der Waals surface area contributed by atoms with Crippen molar-refractivity contribution in [3.63, 3.8) is 0 Å². The smallest absolute Gasteiger partial charge is 0.275 e. The van der Waals surface area contributed by atoms with Crippen molar-refractivity contribution in [2.75, 3.05) is 11.1 Å². The molecule has 1 aromatic heterocycles. The van der Waals surface area contributed by atoms with Gasteiger partial charge in [0, 0.05) is 17.3 Å². The summed E-state index contributed by atoms with van der Waals surface area (Å²) in [4.78, 5) is 24.5. The van der Waals surface area contributed by atoms with Gasteiger partial charge in [0.1, 0.15) is 6.54 Å². The number of nitrogen functional groups attached to an aromatic ring is 1. The van der Waals surface area contributed by atoms with E-state index in [1.807, 2.05) is 31.2 Å². The lowest BCUT2D eigenvalue weighted by atomic mass is 10.1. The molecule has 0 aliphatic heterocycles. The van der Waals surface area contributed by atoms with E-state index >= 15 is 0 Å². The highest BCUT2D eigenvalue weighted by atomic mass is 35.5. The highest BCUT2D eigenvalue weighted by molar-refractivity contribution is 6.30. The summed E-state index contributed by atoms with van der Waals surface area (Å²) in [5, 5.41) is 13.6. The number of benzene rings is 2. The summed E-state index contributed by atoms with van der Waals surface area (Å²) in [6, 6.07) is 14.5. The molecular formula is C19H19ClN6O2. The minimum Gasteiger partial charge on any atom is -0.382 e. The molecule has 9 heteroatoms. The van der Waals surface area contributed by atoms with Crippen molar-refractivity contribution in [1.82, 2.24) is 20.3 Å². The van der Waals surface area contributed by atoms with Gasteiger partial charge in [-0.1, -0.05) is 46.6 Å². The standard InChI is InChI=1S/C19H19ClN6O2/c1-12-2-4-13(5-3-12)10-22-19(28)17-18(21)26(25-24-17)11-16(27)23-15-8-6-14(20)7-9-15/h2-9H,10-11,21H2,1H3,(H,22,28)(H,23,27). The van der Waals surface area contributed by atoms with Crippen molar-refractivity contribution in [1.29, 1.82) is 0 Å². The first-order chi connectivity index (χ1) is 13.4. The van der Waals surface area contributed by atoms with Crippen molar-refractivity contribution >= 4 is 34.9 Å². The SMILES string of the molecule is Cc1ccc(CNC(=O)c2nnn(CC(=O)Nc3ccc(Cl)cc3)c2N)cc1. The molecule has 3 aromatic rings. The predicted molar refractivity (Wildman–Crippen MR) is 107 cm³/mol. The maximum atomic E-state index is 12.3. The molecule has 0 fully saturated rings. The number of nitrogens with zero attached hydrogens (tertiary/aromatic N) is 3. The van der Waals surface area contributed by atoms with Crippen LogP contribution in [0.2, 0.25) is 5.02 Å². The Balaban J connectivity index is 1.59. The highest BCUT2D eigenvalue weighted by Gasteiger charge is 2.18. The number of carbonyl (C=O) groups is 2. The Morgan fingerprint density at radius 2 is 1.79 bits per heavy atom. The molecule has 0 saturated heterocycles. The first kappa shape index (κ1) is 19.4. The van der Waals surface area contributed by atoms with Crippen LogP contribution in [0.1, 0.15) is 21.6 Å². The van der Waals surface area contributed by atoms with E-state index in [1.165, 1.54) is 4.68 Å². The van der Waals surface area contributed by atoms with Gasteiger partial charge in [-0.15, -0.1) is 5.10 Å². The summed E-state index contributed by atoms with van der Waals surface area (Å²) in [5.74, 6) is -0.791. The Kier molecular flexibility index (Phi) is 5.90. The van der Waals surface area contributed by atoms with Crippen molar-refractivity contribution < 1.29 is 9.59 Å². The van der Waals surface area contributed by atoms with E-state index in [2.05, 4.69) is 20.9 Å². The number of rotatable bonds is 6. The minimum atomic E-state index is -0.456. The molecular weight excluding hydrogens is 380 g/mol. The van der Waals surface area contributed by atoms with E-state index in [0.29, 0.717) is 17.3 Å². The number of nitrogens with one attached hydrogen (secondary N) is 2. The molecule has 144 valence electrons. The fourth-order valence-electron chi connectivity index (χ4n) is 2.44. The van der Waals surface area contributed by atoms with E-state index < -0.39 is 5.91 Å². The van der Waals surface area contributed by atoms with Crippen LogP contribution in [0.4, 0.5) is 11.5 Å². The maximum Gasteiger partial charge on any atom is 0.275 e. The molecule has 1 heterocycles. The molecule has 2 aromatic carbocycles. The van der Waals surface area contributed by atoms with Crippen LogP contribution in [0.15, 0.2) is 48.5 Å². The third-order valence-corrected chi connectivity index (χ3v) is 4.24. The molecule has 28 heavy (non-hydrogen) atoms. The molecule has 2 amide bonds. The number of nitrogens with two attached hydrogens (primary N) is 1. The number of hydrogen-bond donors (Lipinski definition) is 3. The molecule has 0 radical (unpaired) electrons. The Morgan fingerprint density at radius 3 is 2.46 bits per heavy atom. The number of aromatic nitrogens is 3. The summed E-state index contributed by atoms with van der Waals surface area (Å²) >= 11 is 5.81. The Bertz CT molecular complexity index is 983. The van der Waals surface area contributed by atoms with Gasteiger partial charge in [0.2, 0.25) is 5.91 Å². The molecule has 8 nitrogen and oxygen atoms in total. The second kappa shape index (κ2) is 8.53. The van der Waals surface area contributed by atoms with Gasteiger partial charge >= 0.3 is 0 Å². The molecule has 4 N–H and O–H groups in total. The molecule has 0 saturated carbocycles. The number of amides is 2. The summed E-state index contributed by atoms with van der Waals surface area (Å²) in [6.45, 7) is 2.15. The molecule has 0 spiro atoms. The number of halogens is 1. The first-order valence-corrected chi connectivity index (χ1v) is 8.88. The number of hydrogen-bond acceptors (Lipinski definition) is 5. The van der Waals surface area contributed by atoms with Crippen LogP contribution >= 0.6 is 11.6 Å². The van der Waals surface area contributed by atoms with Gasteiger partial charge in [0.05, 0.1) is 0 Å². The second-order valence-electron chi connectivity index (χ2n) is 6.20. The molecule has 0 atom stereocenters. The van der Waals surface area contributed by atoms with Gasteiger partial charge in [0.25, 0.3) is 5.91 Å². The summed E-state index contributed by atoms with van der Waals surface area (Å²) in [5.41, 5.74) is 8.59. The Hall–Kier alpha value is -3.39. The molecule has 3 rings (SSSR count). The number of aryl methyl sites for hydroxylation is 1. The van der Waals surface area contributed by atoms with E-state index in [1.54, 1.807) is 24.3 Å². The minimum absolute atomic E-state index is 0.0210. The van der Waals surface area contributed by atoms with Crippen LogP contribution in [0, 0.1) is 6.92 Å². The zero-order valence-corrected chi connectivity index (χ0v) is 15.9. The quantitative estimate of drug-likeness (QED) is 0.589. The van der Waals surface area contributed by atoms with E-state index in [4.69, 9.17) is 17.3 Å². The lowest BCUT2D eigenvalue weighted by Crippen LogP contribution is -2.25. The maximum absolute atomic E-state index is 12.3. The van der Waals surface area contributed by atoms with Crippen molar-refractivity contribution in [3.05, 3.63) is 70.4 Å². The molecule has 0 unspecified atom stereocenters. The van der Waals surface area contributed by atoms with Crippen molar-refractivity contribution in [3.8, 4) is 0 Å². The predicted octanol–water partition coefficient (Wildman–Crippen LogP) is 2.39. The zero-order valence-electron chi connectivity index (χ0n) is 15.1. The van der Waals surface area contributed by atoms with Gasteiger partial charge in [-0.05, 0) is 36.8 Å². The normalized spacial score (nSPS) is 10.5. The van der Waals surface area contributed by atoms with Gasteiger partial charge in [-0.2, -0.15) is 0 Å². The first-order valence-electron chi connectivity index (χ1n) is 8.50. The summed E-state index contributed by atoms with van der Waals surface area (Å²) < 4.78 is 1.17. The van der Waals surface area contributed by atoms with Crippen LogP contribution < -0.4 is 16.4 Å². The zero-order chi connectivity index (χ0) is 20.1. The van der Waals surface area contributed by atoms with Gasteiger partial charge < -0.3 is 16.4 Å².